The molecular weight excluding hydrogens is 340 g/mol. The molecule has 0 saturated heterocycles. The van der Waals surface area contributed by atoms with Crippen LogP contribution in [0.4, 0.5) is 17.6 Å². The summed E-state index contributed by atoms with van der Waals surface area (Å²) >= 11 is 0. The second-order valence-electron chi connectivity index (χ2n) is 6.22. The Morgan fingerprint density at radius 1 is 0.654 bits per heavy atom. The summed E-state index contributed by atoms with van der Waals surface area (Å²) in [4.78, 5) is 0. The first kappa shape index (κ1) is 18.2. The second kappa shape index (κ2) is 7.73. The first-order chi connectivity index (χ1) is 12.5. The maximum Gasteiger partial charge on any atom is 0.167 e. The van der Waals surface area contributed by atoms with Gasteiger partial charge in [0.15, 0.2) is 23.3 Å². The van der Waals surface area contributed by atoms with Crippen molar-refractivity contribution in [3.05, 3.63) is 83.4 Å². The lowest BCUT2D eigenvalue weighted by Gasteiger charge is -2.10. The third-order valence-corrected chi connectivity index (χ3v) is 4.40. The van der Waals surface area contributed by atoms with Gasteiger partial charge in [0.2, 0.25) is 0 Å². The molecule has 0 spiro atoms. The average Bonchev–Trinajstić information content (AvgIpc) is 2.65. The van der Waals surface area contributed by atoms with Gasteiger partial charge in [-0.05, 0) is 41.7 Å². The van der Waals surface area contributed by atoms with Crippen LogP contribution >= 0.6 is 0 Å². The largest absolute Gasteiger partial charge is 0.204 e. The summed E-state index contributed by atoms with van der Waals surface area (Å²) in [5.41, 5.74) is 1.83. The fourth-order valence-corrected chi connectivity index (χ4v) is 2.89. The lowest BCUT2D eigenvalue weighted by atomic mass is 9.97. The van der Waals surface area contributed by atoms with Gasteiger partial charge in [-0.15, -0.1) is 0 Å². The third kappa shape index (κ3) is 3.64. The Morgan fingerprint density at radius 2 is 1.23 bits per heavy atom. The Balaban J connectivity index is 1.95. The van der Waals surface area contributed by atoms with Crippen LogP contribution in [0.5, 0.6) is 0 Å². The van der Waals surface area contributed by atoms with E-state index in [4.69, 9.17) is 0 Å². The molecule has 3 rings (SSSR count). The van der Waals surface area contributed by atoms with Gasteiger partial charge in [-0.2, -0.15) is 0 Å². The molecule has 0 heterocycles. The standard InChI is InChI=1S/C22H18F4/c1-2-3-4-14-5-7-15(8-6-14)17-10-11-18(22(26)21(17)25)16-9-12-19(23)20(24)13-16/h5-13H,2-4H2,1H3. The number of unbranched alkanes of at least 4 members (excludes halogenated alkanes) is 1. The minimum atomic E-state index is -1.10. The van der Waals surface area contributed by atoms with Crippen molar-refractivity contribution < 1.29 is 17.6 Å². The predicted octanol–water partition coefficient (Wildman–Crippen LogP) is 6.92. The van der Waals surface area contributed by atoms with Crippen LogP contribution in [0, 0.1) is 23.3 Å². The molecule has 0 nitrogen and oxygen atoms in total. The van der Waals surface area contributed by atoms with Crippen LogP contribution < -0.4 is 0 Å². The molecule has 0 saturated carbocycles. The SMILES string of the molecule is CCCCc1ccc(-c2ccc(-c3ccc(F)c(F)c3)c(F)c2F)cc1. The van der Waals surface area contributed by atoms with Gasteiger partial charge in [-0.1, -0.05) is 55.8 Å². The molecule has 0 aromatic heterocycles. The van der Waals surface area contributed by atoms with Gasteiger partial charge in [-0.25, -0.2) is 17.6 Å². The highest BCUT2D eigenvalue weighted by Crippen LogP contribution is 2.32. The molecule has 4 heteroatoms. The van der Waals surface area contributed by atoms with Gasteiger partial charge in [0, 0.05) is 11.1 Å². The summed E-state index contributed by atoms with van der Waals surface area (Å²) < 4.78 is 55.5. The van der Waals surface area contributed by atoms with Gasteiger partial charge < -0.3 is 0 Å². The van der Waals surface area contributed by atoms with Crippen LogP contribution in [-0.2, 0) is 6.42 Å². The normalized spacial score (nSPS) is 11.0. The molecule has 3 aromatic rings. The number of rotatable bonds is 5. The number of hydrogen-bond donors (Lipinski definition) is 0. The van der Waals surface area contributed by atoms with Crippen LogP contribution in [0.25, 0.3) is 22.3 Å². The van der Waals surface area contributed by atoms with Crippen LogP contribution in [0.15, 0.2) is 54.6 Å². The molecule has 0 aliphatic carbocycles. The van der Waals surface area contributed by atoms with Crippen molar-refractivity contribution in [2.75, 3.05) is 0 Å². The van der Waals surface area contributed by atoms with Crippen molar-refractivity contribution >= 4 is 0 Å². The molecule has 0 aliphatic rings. The van der Waals surface area contributed by atoms with E-state index in [1.807, 2.05) is 12.1 Å². The van der Waals surface area contributed by atoms with Crippen molar-refractivity contribution in [3.8, 4) is 22.3 Å². The van der Waals surface area contributed by atoms with E-state index in [0.29, 0.717) is 5.56 Å². The molecule has 0 atom stereocenters. The minimum absolute atomic E-state index is 0.0850. The van der Waals surface area contributed by atoms with E-state index in [9.17, 15) is 17.6 Å². The molecule has 0 bridgehead atoms. The zero-order chi connectivity index (χ0) is 18.7. The predicted molar refractivity (Wildman–Crippen MR) is 95.8 cm³/mol. The Morgan fingerprint density at radius 3 is 1.81 bits per heavy atom. The highest BCUT2D eigenvalue weighted by Gasteiger charge is 2.17. The summed E-state index contributed by atoms with van der Waals surface area (Å²) in [6, 6.07) is 13.2. The van der Waals surface area contributed by atoms with Crippen LogP contribution in [0.2, 0.25) is 0 Å². The van der Waals surface area contributed by atoms with Gasteiger partial charge in [0.25, 0.3) is 0 Å². The van der Waals surface area contributed by atoms with Gasteiger partial charge in [0.05, 0.1) is 0 Å². The molecule has 0 unspecified atom stereocenters. The second-order valence-corrected chi connectivity index (χ2v) is 6.22. The van der Waals surface area contributed by atoms with E-state index in [-0.39, 0.29) is 16.7 Å². The summed E-state index contributed by atoms with van der Waals surface area (Å²) in [7, 11) is 0. The molecule has 0 amide bonds. The lowest BCUT2D eigenvalue weighted by molar-refractivity contribution is 0.507. The Labute approximate surface area is 150 Å². The third-order valence-electron chi connectivity index (χ3n) is 4.40. The topological polar surface area (TPSA) is 0 Å². The van der Waals surface area contributed by atoms with Gasteiger partial charge in [0.1, 0.15) is 0 Å². The number of hydrogen-bond acceptors (Lipinski definition) is 0. The van der Waals surface area contributed by atoms with Crippen molar-refractivity contribution in [2.45, 2.75) is 26.2 Å². The average molecular weight is 358 g/mol. The number of aryl methyl sites for hydroxylation is 1. The molecule has 26 heavy (non-hydrogen) atoms. The van der Waals surface area contributed by atoms with E-state index in [1.165, 1.54) is 18.2 Å². The number of benzene rings is 3. The molecule has 0 radical (unpaired) electrons. The molecular formula is C22H18F4. The Hall–Kier alpha value is -2.62. The maximum absolute atomic E-state index is 14.6. The highest BCUT2D eigenvalue weighted by atomic mass is 19.2. The Bertz CT molecular complexity index is 914. The smallest absolute Gasteiger partial charge is 0.167 e. The minimum Gasteiger partial charge on any atom is -0.204 e. The van der Waals surface area contributed by atoms with Crippen molar-refractivity contribution in [3.63, 3.8) is 0 Å². The van der Waals surface area contributed by atoms with E-state index in [2.05, 4.69) is 6.92 Å². The molecule has 0 aliphatic heterocycles. The first-order valence-corrected chi connectivity index (χ1v) is 8.54. The van der Waals surface area contributed by atoms with Crippen LogP contribution in [0.1, 0.15) is 25.3 Å². The zero-order valence-electron chi connectivity index (χ0n) is 14.3. The lowest BCUT2D eigenvalue weighted by Crippen LogP contribution is -1.95. The monoisotopic (exact) mass is 358 g/mol. The number of halogens is 4. The highest BCUT2D eigenvalue weighted by molar-refractivity contribution is 5.72. The van der Waals surface area contributed by atoms with Crippen LogP contribution in [-0.4, -0.2) is 0 Å². The van der Waals surface area contributed by atoms with E-state index < -0.39 is 23.3 Å². The van der Waals surface area contributed by atoms with Crippen molar-refractivity contribution in [2.24, 2.45) is 0 Å². The summed E-state index contributed by atoms with van der Waals surface area (Å²) in [6.45, 7) is 2.11. The molecule has 3 aromatic carbocycles. The first-order valence-electron chi connectivity index (χ1n) is 8.54. The fourth-order valence-electron chi connectivity index (χ4n) is 2.89. The molecule has 0 fully saturated rings. The fraction of sp³-hybridized carbons (Fsp3) is 0.182. The van der Waals surface area contributed by atoms with Gasteiger partial charge in [-0.3, -0.25) is 0 Å². The summed E-state index contributed by atoms with van der Waals surface area (Å²) in [5, 5.41) is 0. The van der Waals surface area contributed by atoms with E-state index in [1.54, 1.807) is 12.1 Å². The van der Waals surface area contributed by atoms with Crippen molar-refractivity contribution in [1.29, 1.82) is 0 Å². The molecule has 0 N–H and O–H groups in total. The van der Waals surface area contributed by atoms with Crippen molar-refractivity contribution in [1.82, 2.24) is 0 Å². The Kier molecular flexibility index (Phi) is 5.40. The van der Waals surface area contributed by atoms with Gasteiger partial charge >= 0.3 is 0 Å². The van der Waals surface area contributed by atoms with Crippen LogP contribution in [0.3, 0.4) is 0 Å². The maximum atomic E-state index is 14.6. The van der Waals surface area contributed by atoms with E-state index in [0.717, 1.165) is 37.0 Å². The summed E-state index contributed by atoms with van der Waals surface area (Å²) in [6.07, 6.45) is 3.11. The summed E-state index contributed by atoms with van der Waals surface area (Å²) in [5.74, 6) is -4.22. The zero-order valence-corrected chi connectivity index (χ0v) is 14.3. The quantitative estimate of drug-likeness (QED) is 0.434. The van der Waals surface area contributed by atoms with E-state index >= 15 is 0 Å². The molecule has 134 valence electrons.